The first kappa shape index (κ1) is 15.0. The maximum absolute atomic E-state index is 5.66. The van der Waals surface area contributed by atoms with Crippen LogP contribution in [0.1, 0.15) is 24.2 Å². The summed E-state index contributed by atoms with van der Waals surface area (Å²) >= 11 is 3.38. The molecule has 106 valence electrons. The van der Waals surface area contributed by atoms with Crippen LogP contribution in [0.4, 0.5) is 0 Å². The normalized spacial score (nSPS) is 12.2. The first-order valence-corrected chi connectivity index (χ1v) is 7.31. The van der Waals surface area contributed by atoms with E-state index in [1.54, 1.807) is 6.20 Å². The minimum atomic E-state index is 0.0272. The predicted octanol–water partition coefficient (Wildman–Crippen LogP) is 2.99. The van der Waals surface area contributed by atoms with Crippen molar-refractivity contribution in [3.05, 3.63) is 58.3 Å². The highest BCUT2D eigenvalue weighted by molar-refractivity contribution is 9.10. The van der Waals surface area contributed by atoms with Crippen molar-refractivity contribution in [3.63, 3.8) is 0 Å². The molecule has 1 heterocycles. The second-order valence-electron chi connectivity index (χ2n) is 4.39. The van der Waals surface area contributed by atoms with Crippen molar-refractivity contribution in [1.29, 1.82) is 0 Å². The van der Waals surface area contributed by atoms with E-state index in [1.165, 1.54) is 0 Å². The fraction of sp³-hybridized carbons (Fsp3) is 0.267. The number of ether oxygens (including phenoxy) is 1. The molecule has 1 atom stereocenters. The molecule has 1 unspecified atom stereocenters. The standard InChI is InChI=1S/C15H18BrN3O/c1-2-20-14-7-3-11(4-8-14)15(19-17)9-13-6-5-12(16)10-18-13/h3-8,10,15,19H,2,9,17H2,1H3. The van der Waals surface area contributed by atoms with Gasteiger partial charge in [-0.15, -0.1) is 0 Å². The van der Waals surface area contributed by atoms with Gasteiger partial charge in [-0.05, 0) is 52.7 Å². The molecule has 0 saturated heterocycles. The van der Waals surface area contributed by atoms with Crippen molar-refractivity contribution < 1.29 is 4.74 Å². The molecular weight excluding hydrogens is 318 g/mol. The van der Waals surface area contributed by atoms with E-state index in [9.17, 15) is 0 Å². The molecule has 3 N–H and O–H groups in total. The minimum absolute atomic E-state index is 0.0272. The fourth-order valence-corrected chi connectivity index (χ4v) is 2.21. The van der Waals surface area contributed by atoms with E-state index in [-0.39, 0.29) is 6.04 Å². The second kappa shape index (κ2) is 7.38. The summed E-state index contributed by atoms with van der Waals surface area (Å²) in [6, 6.07) is 12.0. The Kier molecular flexibility index (Phi) is 5.52. The van der Waals surface area contributed by atoms with Crippen molar-refractivity contribution in [2.24, 2.45) is 5.84 Å². The van der Waals surface area contributed by atoms with Crippen LogP contribution in [0.5, 0.6) is 5.75 Å². The Morgan fingerprint density at radius 3 is 2.55 bits per heavy atom. The lowest BCUT2D eigenvalue weighted by Crippen LogP contribution is -2.29. The summed E-state index contributed by atoms with van der Waals surface area (Å²) in [6.45, 7) is 2.64. The molecule has 2 aromatic rings. The largest absolute Gasteiger partial charge is 0.494 e. The molecule has 0 aliphatic heterocycles. The Hall–Kier alpha value is -1.43. The van der Waals surface area contributed by atoms with E-state index < -0.39 is 0 Å². The van der Waals surface area contributed by atoms with E-state index in [4.69, 9.17) is 10.6 Å². The van der Waals surface area contributed by atoms with Gasteiger partial charge >= 0.3 is 0 Å². The van der Waals surface area contributed by atoms with Crippen LogP contribution < -0.4 is 16.0 Å². The van der Waals surface area contributed by atoms with Crippen LogP contribution >= 0.6 is 15.9 Å². The lowest BCUT2D eigenvalue weighted by atomic mass is 10.0. The molecule has 0 radical (unpaired) electrons. The summed E-state index contributed by atoms with van der Waals surface area (Å²) in [5, 5.41) is 0. The molecule has 4 nitrogen and oxygen atoms in total. The molecule has 5 heteroatoms. The SMILES string of the molecule is CCOc1ccc(C(Cc2ccc(Br)cn2)NN)cc1. The zero-order chi connectivity index (χ0) is 14.4. The van der Waals surface area contributed by atoms with Crippen LogP contribution in [0.3, 0.4) is 0 Å². The fourth-order valence-electron chi connectivity index (χ4n) is 1.97. The summed E-state index contributed by atoms with van der Waals surface area (Å²) in [5.41, 5.74) is 4.94. The number of nitrogens with two attached hydrogens (primary N) is 1. The summed E-state index contributed by atoms with van der Waals surface area (Å²) in [6.07, 6.45) is 2.53. The van der Waals surface area contributed by atoms with Crippen molar-refractivity contribution in [2.75, 3.05) is 6.61 Å². The minimum Gasteiger partial charge on any atom is -0.494 e. The summed E-state index contributed by atoms with van der Waals surface area (Å²) < 4.78 is 6.41. The number of pyridine rings is 1. The number of hydrogen-bond acceptors (Lipinski definition) is 4. The number of hydrazine groups is 1. The number of nitrogens with one attached hydrogen (secondary N) is 1. The Balaban J connectivity index is 2.09. The number of halogens is 1. The van der Waals surface area contributed by atoms with Crippen LogP contribution in [0.15, 0.2) is 47.1 Å². The van der Waals surface area contributed by atoms with Gasteiger partial charge in [0.2, 0.25) is 0 Å². The molecule has 0 spiro atoms. The second-order valence-corrected chi connectivity index (χ2v) is 5.31. The van der Waals surface area contributed by atoms with Crippen LogP contribution in [0, 0.1) is 0 Å². The molecule has 0 amide bonds. The van der Waals surface area contributed by atoms with Gasteiger partial charge in [-0.3, -0.25) is 16.3 Å². The first-order valence-electron chi connectivity index (χ1n) is 6.52. The highest BCUT2D eigenvalue weighted by atomic mass is 79.9. The first-order chi connectivity index (χ1) is 9.72. The lowest BCUT2D eigenvalue weighted by Gasteiger charge is -2.16. The number of nitrogens with zero attached hydrogens (tertiary/aromatic N) is 1. The van der Waals surface area contributed by atoms with Gasteiger partial charge in [-0.25, -0.2) is 0 Å². The molecular formula is C15H18BrN3O. The number of benzene rings is 1. The van der Waals surface area contributed by atoms with Crippen LogP contribution in [-0.4, -0.2) is 11.6 Å². The number of hydrogen-bond donors (Lipinski definition) is 2. The van der Waals surface area contributed by atoms with E-state index in [1.807, 2.05) is 43.3 Å². The topological polar surface area (TPSA) is 60.2 Å². The molecule has 1 aromatic heterocycles. The molecule has 0 bridgehead atoms. The van der Waals surface area contributed by atoms with Crippen molar-refractivity contribution in [2.45, 2.75) is 19.4 Å². The van der Waals surface area contributed by atoms with Gasteiger partial charge in [0.25, 0.3) is 0 Å². The molecule has 0 fully saturated rings. The van der Waals surface area contributed by atoms with Gasteiger partial charge in [0, 0.05) is 22.8 Å². The van der Waals surface area contributed by atoms with Gasteiger partial charge in [-0.1, -0.05) is 12.1 Å². The Morgan fingerprint density at radius 2 is 2.00 bits per heavy atom. The average molecular weight is 336 g/mol. The number of aromatic nitrogens is 1. The molecule has 0 aliphatic rings. The van der Waals surface area contributed by atoms with Crippen LogP contribution in [0.2, 0.25) is 0 Å². The van der Waals surface area contributed by atoms with E-state index in [0.717, 1.165) is 27.9 Å². The van der Waals surface area contributed by atoms with Crippen LogP contribution in [-0.2, 0) is 6.42 Å². The van der Waals surface area contributed by atoms with Gasteiger partial charge < -0.3 is 4.74 Å². The van der Waals surface area contributed by atoms with Crippen molar-refractivity contribution in [3.8, 4) is 5.75 Å². The zero-order valence-corrected chi connectivity index (χ0v) is 12.9. The van der Waals surface area contributed by atoms with Gasteiger partial charge in [0.05, 0.1) is 12.6 Å². The van der Waals surface area contributed by atoms with E-state index in [2.05, 4.69) is 26.3 Å². The molecule has 0 saturated carbocycles. The average Bonchev–Trinajstić information content (AvgIpc) is 2.48. The quantitative estimate of drug-likeness (QED) is 0.629. The van der Waals surface area contributed by atoms with Crippen molar-refractivity contribution in [1.82, 2.24) is 10.4 Å². The molecule has 20 heavy (non-hydrogen) atoms. The number of rotatable bonds is 6. The van der Waals surface area contributed by atoms with Gasteiger partial charge in [-0.2, -0.15) is 0 Å². The summed E-state index contributed by atoms with van der Waals surface area (Å²) in [4.78, 5) is 4.37. The molecule has 2 rings (SSSR count). The monoisotopic (exact) mass is 335 g/mol. The Labute approximate surface area is 127 Å². The zero-order valence-electron chi connectivity index (χ0n) is 11.3. The van der Waals surface area contributed by atoms with Crippen LogP contribution in [0.25, 0.3) is 0 Å². The third-order valence-corrected chi connectivity index (χ3v) is 3.47. The van der Waals surface area contributed by atoms with Gasteiger partial charge in [0.1, 0.15) is 5.75 Å². The van der Waals surface area contributed by atoms with E-state index >= 15 is 0 Å². The molecule has 0 aliphatic carbocycles. The Bertz CT molecular complexity index is 528. The maximum Gasteiger partial charge on any atom is 0.119 e. The smallest absolute Gasteiger partial charge is 0.119 e. The lowest BCUT2D eigenvalue weighted by molar-refractivity contribution is 0.340. The predicted molar refractivity (Wildman–Crippen MR) is 83.3 cm³/mol. The third kappa shape index (κ3) is 4.03. The van der Waals surface area contributed by atoms with Gasteiger partial charge in [0.15, 0.2) is 0 Å². The molecule has 1 aromatic carbocycles. The maximum atomic E-state index is 5.66. The highest BCUT2D eigenvalue weighted by Crippen LogP contribution is 2.20. The Morgan fingerprint density at radius 1 is 1.25 bits per heavy atom. The van der Waals surface area contributed by atoms with E-state index in [0.29, 0.717) is 6.61 Å². The summed E-state index contributed by atoms with van der Waals surface area (Å²) in [7, 11) is 0. The summed E-state index contributed by atoms with van der Waals surface area (Å²) in [5.74, 6) is 6.53. The highest BCUT2D eigenvalue weighted by Gasteiger charge is 2.11. The third-order valence-electron chi connectivity index (χ3n) is 3.00. The van der Waals surface area contributed by atoms with Crippen molar-refractivity contribution >= 4 is 15.9 Å².